The molecule has 0 bridgehead atoms. The van der Waals surface area contributed by atoms with E-state index in [2.05, 4.69) is 25.7 Å². The Kier molecular flexibility index (Phi) is 4.16. The minimum absolute atomic E-state index is 0.140. The van der Waals surface area contributed by atoms with Crippen molar-refractivity contribution in [1.82, 2.24) is 24.9 Å². The highest BCUT2D eigenvalue weighted by molar-refractivity contribution is 5.99. The Bertz CT molecular complexity index is 1000. The summed E-state index contributed by atoms with van der Waals surface area (Å²) in [6, 6.07) is 5.34. The predicted octanol–water partition coefficient (Wildman–Crippen LogP) is 1.87. The van der Waals surface area contributed by atoms with Crippen LogP contribution in [-0.4, -0.2) is 31.5 Å². The van der Waals surface area contributed by atoms with Gasteiger partial charge in [-0.1, -0.05) is 6.07 Å². The van der Waals surface area contributed by atoms with Crippen LogP contribution in [0.4, 0.5) is 5.82 Å². The van der Waals surface area contributed by atoms with Gasteiger partial charge in [-0.3, -0.25) is 9.59 Å². The molecule has 0 unspecified atom stereocenters. The summed E-state index contributed by atoms with van der Waals surface area (Å²) in [5, 5.41) is 10.4. The maximum Gasteiger partial charge on any atom is 0.256 e. The number of hydrogen-bond acceptors (Lipinski definition) is 5. The zero-order valence-electron chi connectivity index (χ0n) is 14.4. The molecule has 3 heterocycles. The molecule has 134 valence electrons. The smallest absolute Gasteiger partial charge is 0.256 e. The first-order valence-corrected chi connectivity index (χ1v) is 8.71. The van der Waals surface area contributed by atoms with Crippen LogP contribution < -0.4 is 16.2 Å². The zero-order chi connectivity index (χ0) is 18.1. The Balaban J connectivity index is 1.58. The van der Waals surface area contributed by atoms with E-state index in [9.17, 15) is 9.59 Å². The van der Waals surface area contributed by atoms with Gasteiger partial charge in [-0.05, 0) is 38.3 Å². The van der Waals surface area contributed by atoms with Crippen molar-refractivity contribution in [3.05, 3.63) is 58.3 Å². The topological polar surface area (TPSA) is 104 Å². The number of carbonyl (C=O) groups excluding carboxylic acids is 1. The lowest BCUT2D eigenvalue weighted by Gasteiger charge is -2.26. The normalized spacial score (nSPS) is 15.4. The molecule has 0 aromatic carbocycles. The second-order valence-corrected chi connectivity index (χ2v) is 6.56. The van der Waals surface area contributed by atoms with Crippen molar-refractivity contribution in [1.29, 1.82) is 0 Å². The summed E-state index contributed by atoms with van der Waals surface area (Å²) < 4.78 is 1.57. The van der Waals surface area contributed by atoms with E-state index in [1.54, 1.807) is 35.1 Å². The lowest BCUT2D eigenvalue weighted by Crippen LogP contribution is -2.39. The SMILES string of the molecule is C[C@@H](Nc1ccn2ncc(C(=O)NC3CCC3)c2n1)c1ccc[nH]c1=O. The molecule has 1 amide bonds. The fourth-order valence-electron chi connectivity index (χ4n) is 3.00. The standard InChI is InChI=1S/C18H20N6O2/c1-11(13-6-3-8-19-17(13)25)21-15-7-9-24-16(23-15)14(10-20-24)18(26)22-12-4-2-5-12/h3,6-12H,2,4-5H2,1H3,(H,19,25)(H,21,23)(H,22,26)/t11-/m1/s1. The molecule has 0 saturated heterocycles. The lowest BCUT2D eigenvalue weighted by molar-refractivity contribution is 0.0918. The molecule has 0 aliphatic heterocycles. The highest BCUT2D eigenvalue weighted by Gasteiger charge is 2.22. The monoisotopic (exact) mass is 352 g/mol. The molecule has 3 N–H and O–H groups in total. The molecule has 3 aromatic heterocycles. The van der Waals surface area contributed by atoms with Gasteiger partial charge in [0.05, 0.1) is 12.2 Å². The molecule has 4 rings (SSSR count). The average molecular weight is 352 g/mol. The number of pyridine rings is 1. The van der Waals surface area contributed by atoms with Gasteiger partial charge in [0.2, 0.25) is 0 Å². The third-order valence-electron chi connectivity index (χ3n) is 4.73. The first-order chi connectivity index (χ1) is 12.6. The van der Waals surface area contributed by atoms with Crippen molar-refractivity contribution in [2.24, 2.45) is 0 Å². The van der Waals surface area contributed by atoms with E-state index in [1.807, 2.05) is 6.92 Å². The van der Waals surface area contributed by atoms with Gasteiger partial charge in [-0.2, -0.15) is 5.10 Å². The molecule has 1 fully saturated rings. The van der Waals surface area contributed by atoms with Gasteiger partial charge >= 0.3 is 0 Å². The highest BCUT2D eigenvalue weighted by atomic mass is 16.1. The minimum Gasteiger partial charge on any atom is -0.363 e. The number of hydrogen-bond donors (Lipinski definition) is 3. The van der Waals surface area contributed by atoms with E-state index in [0.29, 0.717) is 22.6 Å². The Labute approximate surface area is 149 Å². The molecule has 1 atom stereocenters. The average Bonchev–Trinajstić information content (AvgIpc) is 3.01. The van der Waals surface area contributed by atoms with Crippen molar-refractivity contribution in [2.75, 3.05) is 5.32 Å². The molecule has 1 saturated carbocycles. The number of aromatic amines is 1. The number of fused-ring (bicyclic) bond motifs is 1. The van der Waals surface area contributed by atoms with Crippen LogP contribution in [-0.2, 0) is 0 Å². The van der Waals surface area contributed by atoms with Crippen molar-refractivity contribution >= 4 is 17.4 Å². The number of rotatable bonds is 5. The number of carbonyl (C=O) groups is 1. The van der Waals surface area contributed by atoms with Crippen molar-refractivity contribution < 1.29 is 4.79 Å². The van der Waals surface area contributed by atoms with Crippen molar-refractivity contribution in [2.45, 2.75) is 38.3 Å². The van der Waals surface area contributed by atoms with E-state index in [1.165, 1.54) is 6.20 Å². The lowest BCUT2D eigenvalue weighted by atomic mass is 9.93. The quantitative estimate of drug-likeness (QED) is 0.650. The van der Waals surface area contributed by atoms with Crippen molar-refractivity contribution in [3.8, 4) is 0 Å². The summed E-state index contributed by atoms with van der Waals surface area (Å²) >= 11 is 0. The van der Waals surface area contributed by atoms with Gasteiger partial charge in [0.15, 0.2) is 5.65 Å². The Morgan fingerprint density at radius 3 is 2.96 bits per heavy atom. The summed E-state index contributed by atoms with van der Waals surface area (Å²) in [4.78, 5) is 31.6. The first-order valence-electron chi connectivity index (χ1n) is 8.71. The van der Waals surface area contributed by atoms with E-state index >= 15 is 0 Å². The van der Waals surface area contributed by atoms with Crippen LogP contribution in [0.5, 0.6) is 0 Å². The van der Waals surface area contributed by atoms with Gasteiger partial charge < -0.3 is 15.6 Å². The van der Waals surface area contributed by atoms with Crippen LogP contribution in [0.3, 0.4) is 0 Å². The Morgan fingerprint density at radius 2 is 2.23 bits per heavy atom. The van der Waals surface area contributed by atoms with Crippen LogP contribution >= 0.6 is 0 Å². The summed E-state index contributed by atoms with van der Waals surface area (Å²) in [6.45, 7) is 1.89. The van der Waals surface area contributed by atoms with E-state index < -0.39 is 0 Å². The zero-order valence-corrected chi connectivity index (χ0v) is 14.4. The fourth-order valence-corrected chi connectivity index (χ4v) is 3.00. The van der Waals surface area contributed by atoms with Crippen molar-refractivity contribution in [3.63, 3.8) is 0 Å². The number of aromatic nitrogens is 4. The minimum atomic E-state index is -0.231. The second kappa shape index (κ2) is 6.62. The van der Waals surface area contributed by atoms with Gasteiger partial charge in [0.25, 0.3) is 11.5 Å². The van der Waals surface area contributed by atoms with Crippen LogP contribution in [0.1, 0.15) is 48.1 Å². The summed E-state index contributed by atoms with van der Waals surface area (Å²) in [5.74, 6) is 0.424. The summed E-state index contributed by atoms with van der Waals surface area (Å²) in [5.41, 5.74) is 1.41. The number of nitrogens with one attached hydrogen (secondary N) is 3. The van der Waals surface area contributed by atoms with Gasteiger partial charge in [-0.15, -0.1) is 0 Å². The number of anilines is 1. The Morgan fingerprint density at radius 1 is 1.38 bits per heavy atom. The maximum atomic E-state index is 12.5. The number of amides is 1. The molecular weight excluding hydrogens is 332 g/mol. The van der Waals surface area contributed by atoms with Crippen LogP contribution in [0, 0.1) is 0 Å². The summed E-state index contributed by atoms with van der Waals surface area (Å²) in [6.07, 6.45) is 8.07. The van der Waals surface area contributed by atoms with Crippen LogP contribution in [0.2, 0.25) is 0 Å². The van der Waals surface area contributed by atoms with Gasteiger partial charge in [-0.25, -0.2) is 9.50 Å². The molecule has 0 radical (unpaired) electrons. The van der Waals surface area contributed by atoms with Crippen LogP contribution in [0.15, 0.2) is 41.6 Å². The molecular formula is C18H20N6O2. The third kappa shape index (κ3) is 3.05. The molecule has 3 aromatic rings. The van der Waals surface area contributed by atoms with Gasteiger partial charge in [0, 0.05) is 24.0 Å². The summed E-state index contributed by atoms with van der Waals surface area (Å²) in [7, 11) is 0. The predicted molar refractivity (Wildman–Crippen MR) is 97.2 cm³/mol. The molecule has 8 nitrogen and oxygen atoms in total. The largest absolute Gasteiger partial charge is 0.363 e. The second-order valence-electron chi connectivity index (χ2n) is 6.56. The van der Waals surface area contributed by atoms with E-state index in [0.717, 1.165) is 19.3 Å². The van der Waals surface area contributed by atoms with E-state index in [4.69, 9.17) is 0 Å². The van der Waals surface area contributed by atoms with Gasteiger partial charge in [0.1, 0.15) is 11.4 Å². The Hall–Kier alpha value is -3.16. The molecule has 26 heavy (non-hydrogen) atoms. The molecule has 8 heteroatoms. The fraction of sp³-hybridized carbons (Fsp3) is 0.333. The van der Waals surface area contributed by atoms with E-state index in [-0.39, 0.29) is 23.6 Å². The third-order valence-corrected chi connectivity index (χ3v) is 4.73. The van der Waals surface area contributed by atoms with Crippen LogP contribution in [0.25, 0.3) is 5.65 Å². The number of nitrogens with zero attached hydrogens (tertiary/aromatic N) is 3. The number of H-pyrrole nitrogens is 1. The molecule has 1 aliphatic carbocycles. The molecule has 0 spiro atoms. The first kappa shape index (κ1) is 16.3. The molecule has 1 aliphatic rings. The highest BCUT2D eigenvalue weighted by Crippen LogP contribution is 2.20. The maximum absolute atomic E-state index is 12.5.